The zero-order chi connectivity index (χ0) is 19.8. The minimum atomic E-state index is -0.294. The molecule has 0 aliphatic rings. The first-order chi connectivity index (χ1) is 12.9. The Morgan fingerprint density at radius 2 is 1.70 bits per heavy atom. The van der Waals surface area contributed by atoms with Crippen LogP contribution >= 0.6 is 0 Å². The number of rotatable bonds is 8. The number of likely N-dealkylation sites (N-methyl/N-ethyl adjacent to an activating group) is 2. The Morgan fingerprint density at radius 1 is 1.07 bits per heavy atom. The highest BCUT2D eigenvalue weighted by molar-refractivity contribution is 5.91. The van der Waals surface area contributed by atoms with Crippen molar-refractivity contribution in [1.82, 2.24) is 4.90 Å². The van der Waals surface area contributed by atoms with Gasteiger partial charge in [0.25, 0.3) is 11.8 Å². The number of anilines is 1. The minimum Gasteiger partial charge on any atom is -0.334 e. The summed E-state index contributed by atoms with van der Waals surface area (Å²) >= 11 is 0. The number of hydrogen-bond donors (Lipinski definition) is 2. The molecule has 144 valence electrons. The number of aryl methyl sites for hydroxylation is 1. The quantitative estimate of drug-likeness (QED) is 0.748. The van der Waals surface area contributed by atoms with E-state index in [0.717, 1.165) is 21.7 Å². The lowest BCUT2D eigenvalue weighted by Crippen LogP contribution is -3.15. The van der Waals surface area contributed by atoms with Crippen molar-refractivity contribution < 1.29 is 14.5 Å². The number of carbonyl (C=O) groups excluding carboxylic acids is 2. The molecule has 2 atom stereocenters. The first kappa shape index (κ1) is 20.6. The molecule has 2 amide bonds. The van der Waals surface area contributed by atoms with Crippen LogP contribution in [0.3, 0.4) is 0 Å². The van der Waals surface area contributed by atoms with Gasteiger partial charge in [-0.15, -0.1) is 0 Å². The lowest BCUT2D eigenvalue weighted by molar-refractivity contribution is -0.886. The van der Waals surface area contributed by atoms with Gasteiger partial charge in [-0.05, 0) is 38.5 Å². The van der Waals surface area contributed by atoms with Crippen molar-refractivity contribution in [2.45, 2.75) is 33.4 Å². The predicted octanol–water partition coefficient (Wildman–Crippen LogP) is 1.89. The maximum absolute atomic E-state index is 12.9. The minimum absolute atomic E-state index is 0.0574. The molecule has 0 fully saturated rings. The van der Waals surface area contributed by atoms with Crippen LogP contribution in [0, 0.1) is 6.92 Å². The number of hydrogen-bond acceptors (Lipinski definition) is 2. The maximum Gasteiger partial charge on any atom is 0.280 e. The van der Waals surface area contributed by atoms with Crippen LogP contribution in [0.4, 0.5) is 5.69 Å². The van der Waals surface area contributed by atoms with E-state index in [4.69, 9.17) is 0 Å². The second-order valence-corrected chi connectivity index (χ2v) is 7.00. The van der Waals surface area contributed by atoms with E-state index in [0.29, 0.717) is 13.1 Å². The van der Waals surface area contributed by atoms with Gasteiger partial charge < -0.3 is 15.1 Å². The molecular formula is C22H30N3O2+. The summed E-state index contributed by atoms with van der Waals surface area (Å²) in [6.07, 6.45) is 0. The number of nitrogens with one attached hydrogen (secondary N) is 2. The van der Waals surface area contributed by atoms with Crippen LogP contribution in [0.15, 0.2) is 54.6 Å². The highest BCUT2D eigenvalue weighted by Gasteiger charge is 2.27. The Morgan fingerprint density at radius 3 is 2.30 bits per heavy atom. The molecule has 0 spiro atoms. The van der Waals surface area contributed by atoms with E-state index < -0.39 is 0 Å². The van der Waals surface area contributed by atoms with Crippen LogP contribution in [0.2, 0.25) is 0 Å². The summed E-state index contributed by atoms with van der Waals surface area (Å²) in [6, 6.07) is 17.4. The van der Waals surface area contributed by atoms with Crippen LogP contribution in [-0.2, 0) is 16.1 Å². The fourth-order valence-corrected chi connectivity index (χ4v) is 2.88. The van der Waals surface area contributed by atoms with E-state index in [9.17, 15) is 9.59 Å². The van der Waals surface area contributed by atoms with Crippen molar-refractivity contribution in [1.29, 1.82) is 0 Å². The summed E-state index contributed by atoms with van der Waals surface area (Å²) in [7, 11) is 1.88. The smallest absolute Gasteiger partial charge is 0.280 e. The normalized spacial score (nSPS) is 12.9. The Labute approximate surface area is 162 Å². The molecule has 0 heterocycles. The number of quaternary nitrogens is 1. The maximum atomic E-state index is 12.9. The lowest BCUT2D eigenvalue weighted by atomic mass is 10.2. The van der Waals surface area contributed by atoms with Gasteiger partial charge in [-0.3, -0.25) is 9.59 Å². The number of carbonyl (C=O) groups is 2. The van der Waals surface area contributed by atoms with Crippen molar-refractivity contribution in [3.8, 4) is 0 Å². The average molecular weight is 369 g/mol. The topological polar surface area (TPSA) is 53.9 Å². The third-order valence-corrected chi connectivity index (χ3v) is 4.79. The Hall–Kier alpha value is -2.66. The van der Waals surface area contributed by atoms with Gasteiger partial charge in [0.15, 0.2) is 12.6 Å². The molecule has 2 rings (SSSR count). The van der Waals surface area contributed by atoms with Gasteiger partial charge in [-0.1, -0.05) is 48.0 Å². The number of amides is 2. The summed E-state index contributed by atoms with van der Waals surface area (Å²) in [5.41, 5.74) is 3.03. The second-order valence-electron chi connectivity index (χ2n) is 7.00. The summed E-state index contributed by atoms with van der Waals surface area (Å²) in [6.45, 7) is 7.33. The molecule has 1 unspecified atom stereocenters. The van der Waals surface area contributed by atoms with Crippen molar-refractivity contribution in [2.24, 2.45) is 0 Å². The first-order valence-corrected chi connectivity index (χ1v) is 9.42. The molecule has 0 aliphatic carbocycles. The van der Waals surface area contributed by atoms with Crippen molar-refractivity contribution in [3.05, 3.63) is 65.7 Å². The molecule has 27 heavy (non-hydrogen) atoms. The van der Waals surface area contributed by atoms with Gasteiger partial charge >= 0.3 is 0 Å². The molecule has 0 aromatic heterocycles. The molecule has 5 heteroatoms. The van der Waals surface area contributed by atoms with Crippen LogP contribution in [-0.4, -0.2) is 42.9 Å². The summed E-state index contributed by atoms with van der Waals surface area (Å²) in [5, 5.41) is 2.89. The largest absolute Gasteiger partial charge is 0.334 e. The molecule has 2 N–H and O–H groups in total. The summed E-state index contributed by atoms with van der Waals surface area (Å²) in [4.78, 5) is 27.9. The van der Waals surface area contributed by atoms with E-state index >= 15 is 0 Å². The Bertz CT molecular complexity index is 744. The Kier molecular flexibility index (Phi) is 7.55. The van der Waals surface area contributed by atoms with Crippen molar-refractivity contribution in [3.63, 3.8) is 0 Å². The van der Waals surface area contributed by atoms with Crippen LogP contribution < -0.4 is 10.2 Å². The molecule has 0 aliphatic heterocycles. The van der Waals surface area contributed by atoms with E-state index in [1.54, 1.807) is 0 Å². The van der Waals surface area contributed by atoms with Gasteiger partial charge in [0.05, 0.1) is 7.05 Å². The van der Waals surface area contributed by atoms with Crippen molar-refractivity contribution in [2.75, 3.05) is 25.5 Å². The third-order valence-electron chi connectivity index (χ3n) is 4.79. The monoisotopic (exact) mass is 368 g/mol. The second kappa shape index (κ2) is 9.88. The fourth-order valence-electron chi connectivity index (χ4n) is 2.88. The SMILES string of the molecule is CCN(Cc1ccccc1)C(=O)[C@@H](C)[NH+](C)CC(=O)Nc1ccc(C)cc1. The Balaban J connectivity index is 1.91. The highest BCUT2D eigenvalue weighted by Crippen LogP contribution is 2.08. The molecule has 2 aromatic rings. The standard InChI is InChI=1S/C22H29N3O2/c1-5-25(15-19-9-7-6-8-10-19)22(27)18(3)24(4)16-21(26)23-20-13-11-17(2)12-14-20/h6-14,18H,5,15-16H2,1-4H3,(H,23,26)/p+1/t18-/m1/s1. The molecule has 5 nitrogen and oxygen atoms in total. The van der Waals surface area contributed by atoms with E-state index in [1.807, 2.05) is 87.3 Å². The zero-order valence-electron chi connectivity index (χ0n) is 16.7. The molecule has 2 aromatic carbocycles. The van der Waals surface area contributed by atoms with Crippen LogP contribution in [0.25, 0.3) is 0 Å². The predicted molar refractivity (Wildman–Crippen MR) is 109 cm³/mol. The third kappa shape index (κ3) is 6.22. The van der Waals surface area contributed by atoms with E-state index in [1.165, 1.54) is 0 Å². The van der Waals surface area contributed by atoms with E-state index in [2.05, 4.69) is 5.32 Å². The number of benzene rings is 2. The molecule has 0 saturated heterocycles. The lowest BCUT2D eigenvalue weighted by Gasteiger charge is -2.27. The van der Waals surface area contributed by atoms with Crippen molar-refractivity contribution >= 4 is 17.5 Å². The summed E-state index contributed by atoms with van der Waals surface area (Å²) < 4.78 is 0. The van der Waals surface area contributed by atoms with Crippen LogP contribution in [0.5, 0.6) is 0 Å². The average Bonchev–Trinajstić information content (AvgIpc) is 2.67. The van der Waals surface area contributed by atoms with E-state index in [-0.39, 0.29) is 24.4 Å². The van der Waals surface area contributed by atoms with Gasteiger partial charge in [0.2, 0.25) is 0 Å². The first-order valence-electron chi connectivity index (χ1n) is 9.42. The molecule has 0 radical (unpaired) electrons. The van der Waals surface area contributed by atoms with Gasteiger partial charge in [0, 0.05) is 18.8 Å². The van der Waals surface area contributed by atoms with Crippen LogP contribution in [0.1, 0.15) is 25.0 Å². The fraction of sp³-hybridized carbons (Fsp3) is 0.364. The van der Waals surface area contributed by atoms with Gasteiger partial charge in [0.1, 0.15) is 0 Å². The van der Waals surface area contributed by atoms with Gasteiger partial charge in [-0.2, -0.15) is 0 Å². The highest BCUT2D eigenvalue weighted by atomic mass is 16.2. The van der Waals surface area contributed by atoms with Gasteiger partial charge in [-0.25, -0.2) is 0 Å². The molecule has 0 saturated carbocycles. The summed E-state index contributed by atoms with van der Waals surface area (Å²) in [5.74, 6) is -0.0379. The number of nitrogens with zero attached hydrogens (tertiary/aromatic N) is 1. The molecular weight excluding hydrogens is 338 g/mol. The zero-order valence-corrected chi connectivity index (χ0v) is 16.7. The molecule has 0 bridgehead atoms.